The summed E-state index contributed by atoms with van der Waals surface area (Å²) in [6, 6.07) is 0.179. The van der Waals surface area contributed by atoms with Gasteiger partial charge in [0.15, 0.2) is 0 Å². The van der Waals surface area contributed by atoms with Gasteiger partial charge in [0, 0.05) is 31.5 Å². The summed E-state index contributed by atoms with van der Waals surface area (Å²) in [5.74, 6) is 1.30. The number of carbonyl (C=O) groups is 1. The summed E-state index contributed by atoms with van der Waals surface area (Å²) in [5, 5.41) is 7.59. The first-order chi connectivity index (χ1) is 10.2. The maximum absolute atomic E-state index is 12.2. The SMILES string of the molecule is CCCn1nc2n(c1=O)CCC(NC(=O)C1CCC1)CC2. The molecule has 0 radical (unpaired) electrons. The second-order valence-electron chi connectivity index (χ2n) is 6.23. The number of nitrogens with one attached hydrogen (secondary N) is 1. The Hall–Kier alpha value is -1.59. The van der Waals surface area contributed by atoms with Crippen LogP contribution in [0.5, 0.6) is 0 Å². The monoisotopic (exact) mass is 292 g/mol. The minimum Gasteiger partial charge on any atom is -0.353 e. The van der Waals surface area contributed by atoms with Crippen LogP contribution < -0.4 is 11.0 Å². The first-order valence-electron chi connectivity index (χ1n) is 8.16. The van der Waals surface area contributed by atoms with E-state index in [4.69, 9.17) is 0 Å². The number of nitrogens with zero attached hydrogens (tertiary/aromatic N) is 3. The normalized spacial score (nSPS) is 22.2. The fraction of sp³-hybridized carbons (Fsp3) is 0.800. The molecule has 1 atom stereocenters. The van der Waals surface area contributed by atoms with Crippen LogP contribution >= 0.6 is 0 Å². The van der Waals surface area contributed by atoms with E-state index in [-0.39, 0.29) is 23.6 Å². The largest absolute Gasteiger partial charge is 0.353 e. The van der Waals surface area contributed by atoms with Crippen LogP contribution in [0.4, 0.5) is 0 Å². The van der Waals surface area contributed by atoms with Crippen LogP contribution in [0.3, 0.4) is 0 Å². The molecule has 21 heavy (non-hydrogen) atoms. The van der Waals surface area contributed by atoms with Gasteiger partial charge in [-0.1, -0.05) is 13.3 Å². The Morgan fingerprint density at radius 1 is 1.33 bits per heavy atom. The zero-order chi connectivity index (χ0) is 14.8. The van der Waals surface area contributed by atoms with Crippen LogP contribution in [0.25, 0.3) is 0 Å². The van der Waals surface area contributed by atoms with E-state index in [9.17, 15) is 9.59 Å². The second kappa shape index (κ2) is 6.03. The minimum absolute atomic E-state index is 0.00202. The van der Waals surface area contributed by atoms with E-state index in [0.29, 0.717) is 13.1 Å². The quantitative estimate of drug-likeness (QED) is 0.902. The molecule has 1 aliphatic carbocycles. The van der Waals surface area contributed by atoms with Crippen LogP contribution in [0, 0.1) is 5.92 Å². The predicted octanol–water partition coefficient (Wildman–Crippen LogP) is 1.08. The van der Waals surface area contributed by atoms with Crippen molar-refractivity contribution in [1.29, 1.82) is 0 Å². The molecular formula is C15H24N4O2. The highest BCUT2D eigenvalue weighted by Crippen LogP contribution is 2.26. The van der Waals surface area contributed by atoms with Gasteiger partial charge in [0.2, 0.25) is 5.91 Å². The first-order valence-corrected chi connectivity index (χ1v) is 8.16. The molecule has 0 aromatic carbocycles. The molecule has 1 saturated carbocycles. The van der Waals surface area contributed by atoms with Crippen LogP contribution in [0.2, 0.25) is 0 Å². The van der Waals surface area contributed by atoms with Gasteiger partial charge in [0.25, 0.3) is 0 Å². The third-order valence-corrected chi connectivity index (χ3v) is 4.67. The van der Waals surface area contributed by atoms with Crippen LogP contribution in [-0.2, 0) is 24.3 Å². The van der Waals surface area contributed by atoms with Crippen LogP contribution in [-0.4, -0.2) is 26.3 Å². The van der Waals surface area contributed by atoms with Gasteiger partial charge in [0.05, 0.1) is 0 Å². The van der Waals surface area contributed by atoms with Crippen LogP contribution in [0.1, 0.15) is 51.3 Å². The Morgan fingerprint density at radius 3 is 2.81 bits per heavy atom. The third kappa shape index (κ3) is 2.89. The molecule has 3 rings (SSSR count). The minimum atomic E-state index is -0.00202. The standard InChI is InChI=1S/C15H24N4O2/c1-2-9-19-15(21)18-10-8-12(6-7-13(18)17-19)16-14(20)11-4-3-5-11/h11-12H,2-10H2,1H3,(H,16,20). The molecule has 2 heterocycles. The van der Waals surface area contributed by atoms with E-state index in [1.54, 1.807) is 9.25 Å². The van der Waals surface area contributed by atoms with Gasteiger partial charge in [-0.15, -0.1) is 0 Å². The maximum Gasteiger partial charge on any atom is 0.345 e. The van der Waals surface area contributed by atoms with Gasteiger partial charge in [-0.3, -0.25) is 9.36 Å². The van der Waals surface area contributed by atoms with Crippen molar-refractivity contribution < 1.29 is 4.79 Å². The predicted molar refractivity (Wildman–Crippen MR) is 79.0 cm³/mol. The Morgan fingerprint density at radius 2 is 2.14 bits per heavy atom. The van der Waals surface area contributed by atoms with E-state index in [1.807, 2.05) is 6.92 Å². The number of rotatable bonds is 4. The lowest BCUT2D eigenvalue weighted by molar-refractivity contribution is -0.128. The molecule has 1 N–H and O–H groups in total. The Kier molecular flexibility index (Phi) is 4.12. The van der Waals surface area contributed by atoms with Gasteiger partial charge in [-0.05, 0) is 32.1 Å². The van der Waals surface area contributed by atoms with Crippen molar-refractivity contribution in [3.05, 3.63) is 16.3 Å². The summed E-state index contributed by atoms with van der Waals surface area (Å²) in [4.78, 5) is 24.2. The van der Waals surface area contributed by atoms with Crippen molar-refractivity contribution >= 4 is 5.91 Å². The number of hydrogen-bond donors (Lipinski definition) is 1. The molecule has 1 aliphatic heterocycles. The highest BCUT2D eigenvalue weighted by molar-refractivity contribution is 5.79. The number of aromatic nitrogens is 3. The summed E-state index contributed by atoms with van der Waals surface area (Å²) in [7, 11) is 0. The summed E-state index contributed by atoms with van der Waals surface area (Å²) in [5.41, 5.74) is -0.00202. The summed E-state index contributed by atoms with van der Waals surface area (Å²) >= 11 is 0. The second-order valence-corrected chi connectivity index (χ2v) is 6.23. The molecule has 0 spiro atoms. The van der Waals surface area contributed by atoms with Crippen molar-refractivity contribution in [2.75, 3.05) is 0 Å². The molecule has 1 aromatic heterocycles. The fourth-order valence-electron chi connectivity index (χ4n) is 3.12. The molecule has 1 aromatic rings. The highest BCUT2D eigenvalue weighted by atomic mass is 16.2. The van der Waals surface area contributed by atoms with Crippen molar-refractivity contribution in [3.63, 3.8) is 0 Å². The Balaban J connectivity index is 1.63. The Bertz CT molecular complexity index is 571. The zero-order valence-electron chi connectivity index (χ0n) is 12.7. The van der Waals surface area contributed by atoms with Gasteiger partial charge < -0.3 is 5.32 Å². The molecular weight excluding hydrogens is 268 g/mol. The lowest BCUT2D eigenvalue weighted by atomic mass is 9.84. The molecule has 1 fully saturated rings. The molecule has 6 heteroatoms. The fourth-order valence-corrected chi connectivity index (χ4v) is 3.12. The van der Waals surface area contributed by atoms with Crippen molar-refractivity contribution in [3.8, 4) is 0 Å². The van der Waals surface area contributed by atoms with Crippen molar-refractivity contribution in [1.82, 2.24) is 19.7 Å². The van der Waals surface area contributed by atoms with Crippen molar-refractivity contribution in [2.24, 2.45) is 5.92 Å². The van der Waals surface area contributed by atoms with Crippen LogP contribution in [0.15, 0.2) is 4.79 Å². The molecule has 1 unspecified atom stereocenters. The molecule has 0 saturated heterocycles. The summed E-state index contributed by atoms with van der Waals surface area (Å²) in [6.07, 6.45) is 6.61. The molecule has 1 amide bonds. The van der Waals surface area contributed by atoms with E-state index in [1.165, 1.54) is 6.42 Å². The topological polar surface area (TPSA) is 68.9 Å². The van der Waals surface area contributed by atoms with Gasteiger partial charge >= 0.3 is 5.69 Å². The number of hydrogen-bond acceptors (Lipinski definition) is 3. The van der Waals surface area contributed by atoms with E-state index < -0.39 is 0 Å². The van der Waals surface area contributed by atoms with E-state index in [0.717, 1.165) is 44.3 Å². The lowest BCUT2D eigenvalue weighted by Crippen LogP contribution is -2.41. The van der Waals surface area contributed by atoms with Gasteiger partial charge in [-0.2, -0.15) is 5.10 Å². The average molecular weight is 292 g/mol. The zero-order valence-corrected chi connectivity index (χ0v) is 12.7. The van der Waals surface area contributed by atoms with Crippen molar-refractivity contribution in [2.45, 2.75) is 71.0 Å². The average Bonchev–Trinajstić information content (AvgIpc) is 2.56. The number of amides is 1. The highest BCUT2D eigenvalue weighted by Gasteiger charge is 2.28. The molecule has 0 bridgehead atoms. The number of aryl methyl sites for hydroxylation is 2. The van der Waals surface area contributed by atoms with E-state index >= 15 is 0 Å². The van der Waals surface area contributed by atoms with Gasteiger partial charge in [0.1, 0.15) is 5.82 Å². The number of carbonyl (C=O) groups excluding carboxylic acids is 1. The first kappa shape index (κ1) is 14.4. The summed E-state index contributed by atoms with van der Waals surface area (Å²) < 4.78 is 3.35. The molecule has 2 aliphatic rings. The van der Waals surface area contributed by atoms with E-state index in [2.05, 4.69) is 10.4 Å². The Labute approximate surface area is 124 Å². The maximum atomic E-state index is 12.2. The molecule has 116 valence electrons. The summed E-state index contributed by atoms with van der Waals surface area (Å²) in [6.45, 7) is 3.39. The molecule has 6 nitrogen and oxygen atoms in total. The third-order valence-electron chi connectivity index (χ3n) is 4.67. The lowest BCUT2D eigenvalue weighted by Gasteiger charge is -2.26. The smallest absolute Gasteiger partial charge is 0.345 e. The number of fused-ring (bicyclic) bond motifs is 1. The van der Waals surface area contributed by atoms with Gasteiger partial charge in [-0.25, -0.2) is 9.48 Å².